The molecule has 0 heterocycles. The van der Waals surface area contributed by atoms with Crippen LogP contribution in [0.15, 0.2) is 34.9 Å². The molecule has 0 aromatic rings. The van der Waals surface area contributed by atoms with Gasteiger partial charge in [0.1, 0.15) is 17.3 Å². The summed E-state index contributed by atoms with van der Waals surface area (Å²) in [5, 5.41) is 46.3. The maximum absolute atomic E-state index is 12.9. The Bertz CT molecular complexity index is 1070. The van der Waals surface area contributed by atoms with E-state index >= 15 is 0 Å². The number of esters is 2. The zero-order valence-electron chi connectivity index (χ0n) is 23.5. The second kappa shape index (κ2) is 9.88. The summed E-state index contributed by atoms with van der Waals surface area (Å²) >= 11 is 0. The standard InChI is InChI=1S/C30H44O8/c1-7-9-10-11-21(32)38-29-13-12-28-15-18(4)25(37-26(35)17(3)8-2)30(28,36)23(33)19(16-31)14-20(24(28)34)22(29)27(29,5)6/h8,14-15,20,22-25,31,33-34,36H,7,9-13,16H2,1-6H3/b17-8+/t20-,22+,23+,24?,25-,28+,29-,30-/m0/s1. The van der Waals surface area contributed by atoms with Gasteiger partial charge in [-0.1, -0.05) is 51.8 Å². The molecule has 4 rings (SSSR count). The molecule has 0 aromatic heterocycles. The first-order valence-electron chi connectivity index (χ1n) is 13.9. The van der Waals surface area contributed by atoms with Crippen molar-refractivity contribution in [3.05, 3.63) is 34.9 Å². The first kappa shape index (κ1) is 29.0. The van der Waals surface area contributed by atoms with Gasteiger partial charge >= 0.3 is 11.9 Å². The van der Waals surface area contributed by atoms with Gasteiger partial charge in [-0.3, -0.25) is 4.79 Å². The quantitative estimate of drug-likeness (QED) is 0.162. The van der Waals surface area contributed by atoms with Crippen LogP contribution in [-0.2, 0) is 19.1 Å². The van der Waals surface area contributed by atoms with E-state index in [1.54, 1.807) is 39.0 Å². The average Bonchev–Trinajstić information content (AvgIpc) is 3.31. The van der Waals surface area contributed by atoms with Crippen LogP contribution in [0.5, 0.6) is 0 Å². The smallest absolute Gasteiger partial charge is 0.334 e. The lowest BCUT2D eigenvalue weighted by atomic mass is 9.62. The average molecular weight is 533 g/mol. The van der Waals surface area contributed by atoms with Crippen LogP contribution in [0, 0.1) is 22.7 Å². The molecule has 1 spiro atoms. The summed E-state index contributed by atoms with van der Waals surface area (Å²) in [7, 11) is 0. The van der Waals surface area contributed by atoms with Crippen LogP contribution in [0.25, 0.3) is 0 Å². The topological polar surface area (TPSA) is 134 Å². The molecule has 1 unspecified atom stereocenters. The fraction of sp³-hybridized carbons (Fsp3) is 0.733. The Morgan fingerprint density at radius 1 is 1.18 bits per heavy atom. The molecule has 38 heavy (non-hydrogen) atoms. The number of aliphatic hydroxyl groups excluding tert-OH is 3. The number of fused-ring (bicyclic) bond motifs is 3. The fourth-order valence-corrected chi connectivity index (χ4v) is 7.84. The number of carbonyl (C=O) groups is 2. The van der Waals surface area contributed by atoms with Crippen LogP contribution in [0.1, 0.15) is 80.1 Å². The number of allylic oxidation sites excluding steroid dienone is 1. The van der Waals surface area contributed by atoms with Gasteiger partial charge in [-0.15, -0.1) is 0 Å². The SMILES string of the molecule is C/C=C(\C)C(=O)O[C@H]1C(C)=C[C@@]23CC[C@]4(OC(=O)CCCCC)[C@H]([C@H](C=C(CO)[C@@H](O)[C@]12O)C3O)C4(C)C. The van der Waals surface area contributed by atoms with Crippen LogP contribution in [0.4, 0.5) is 0 Å². The van der Waals surface area contributed by atoms with Crippen LogP contribution in [0.3, 0.4) is 0 Å². The molecule has 8 atom stereocenters. The second-order valence-corrected chi connectivity index (χ2v) is 12.4. The van der Waals surface area contributed by atoms with Gasteiger partial charge in [-0.25, -0.2) is 4.79 Å². The molecule has 0 amide bonds. The van der Waals surface area contributed by atoms with E-state index < -0.39 is 58.8 Å². The van der Waals surface area contributed by atoms with Gasteiger partial charge in [0.2, 0.25) is 0 Å². The van der Waals surface area contributed by atoms with Crippen molar-refractivity contribution in [2.45, 2.75) is 110 Å². The predicted molar refractivity (Wildman–Crippen MR) is 141 cm³/mol. The molecule has 4 N–H and O–H groups in total. The number of aliphatic hydroxyl groups is 4. The van der Waals surface area contributed by atoms with E-state index in [4.69, 9.17) is 9.47 Å². The molecule has 8 heteroatoms. The number of unbranched alkanes of at least 4 members (excludes halogenated alkanes) is 2. The molecule has 2 bridgehead atoms. The van der Waals surface area contributed by atoms with Gasteiger partial charge in [-0.2, -0.15) is 0 Å². The Hall–Kier alpha value is -2.00. The van der Waals surface area contributed by atoms with Crippen LogP contribution in [-0.4, -0.2) is 68.5 Å². The molecular weight excluding hydrogens is 488 g/mol. The third kappa shape index (κ3) is 3.86. The van der Waals surface area contributed by atoms with Crippen LogP contribution in [0.2, 0.25) is 0 Å². The van der Waals surface area contributed by atoms with Gasteiger partial charge in [-0.05, 0) is 51.2 Å². The molecule has 2 saturated carbocycles. The summed E-state index contributed by atoms with van der Waals surface area (Å²) < 4.78 is 12.0. The van der Waals surface area contributed by atoms with E-state index in [-0.39, 0.29) is 23.9 Å². The van der Waals surface area contributed by atoms with Crippen molar-refractivity contribution >= 4 is 11.9 Å². The monoisotopic (exact) mass is 532 g/mol. The molecule has 0 saturated heterocycles. The first-order chi connectivity index (χ1) is 17.8. The minimum Gasteiger partial charge on any atom is -0.458 e. The van der Waals surface area contributed by atoms with E-state index in [2.05, 4.69) is 6.92 Å². The third-order valence-corrected chi connectivity index (χ3v) is 10.1. The number of hydrogen-bond acceptors (Lipinski definition) is 8. The number of rotatable bonds is 8. The zero-order chi connectivity index (χ0) is 28.3. The highest BCUT2D eigenvalue weighted by Crippen LogP contribution is 2.75. The summed E-state index contributed by atoms with van der Waals surface area (Å²) in [5.41, 5.74) is -3.83. The van der Waals surface area contributed by atoms with Crippen molar-refractivity contribution in [2.24, 2.45) is 22.7 Å². The minimum absolute atomic E-state index is 0.151. The van der Waals surface area contributed by atoms with Crippen molar-refractivity contribution in [3.63, 3.8) is 0 Å². The van der Waals surface area contributed by atoms with E-state index in [9.17, 15) is 30.0 Å². The van der Waals surface area contributed by atoms with Crippen molar-refractivity contribution < 1.29 is 39.5 Å². The lowest BCUT2D eigenvalue weighted by Gasteiger charge is -2.49. The first-order valence-corrected chi connectivity index (χ1v) is 13.9. The summed E-state index contributed by atoms with van der Waals surface area (Å²) in [5.74, 6) is -1.81. The van der Waals surface area contributed by atoms with E-state index in [1.807, 2.05) is 13.8 Å². The molecule has 4 aliphatic carbocycles. The summed E-state index contributed by atoms with van der Waals surface area (Å²) in [6.45, 7) is 10.6. The largest absolute Gasteiger partial charge is 0.458 e. The van der Waals surface area contributed by atoms with Gasteiger partial charge in [0.05, 0.1) is 18.1 Å². The van der Waals surface area contributed by atoms with Crippen LogP contribution >= 0.6 is 0 Å². The Morgan fingerprint density at radius 2 is 1.87 bits per heavy atom. The molecule has 2 fully saturated rings. The molecule has 212 valence electrons. The van der Waals surface area contributed by atoms with E-state index in [0.29, 0.717) is 24.0 Å². The van der Waals surface area contributed by atoms with Gasteiger partial charge in [0.15, 0.2) is 6.10 Å². The number of ether oxygens (including phenoxy) is 2. The predicted octanol–water partition coefficient (Wildman–Crippen LogP) is 3.12. The normalized spacial score (nSPS) is 41.1. The Kier molecular flexibility index (Phi) is 7.54. The Labute approximate surface area is 225 Å². The lowest BCUT2D eigenvalue weighted by Crippen LogP contribution is -2.65. The molecule has 0 aliphatic heterocycles. The molecule has 0 radical (unpaired) electrons. The van der Waals surface area contributed by atoms with E-state index in [0.717, 1.165) is 19.3 Å². The molecule has 8 nitrogen and oxygen atoms in total. The fourth-order valence-electron chi connectivity index (χ4n) is 7.84. The van der Waals surface area contributed by atoms with Gasteiger partial charge in [0.25, 0.3) is 0 Å². The van der Waals surface area contributed by atoms with Gasteiger partial charge < -0.3 is 29.9 Å². The second-order valence-electron chi connectivity index (χ2n) is 12.4. The highest BCUT2D eigenvalue weighted by molar-refractivity contribution is 5.88. The molecule has 0 aromatic carbocycles. The van der Waals surface area contributed by atoms with Gasteiger partial charge in [0, 0.05) is 29.2 Å². The lowest BCUT2D eigenvalue weighted by molar-refractivity contribution is -0.213. The highest BCUT2D eigenvalue weighted by Gasteiger charge is 2.81. The summed E-state index contributed by atoms with van der Waals surface area (Å²) in [6, 6.07) is 0. The van der Waals surface area contributed by atoms with Crippen molar-refractivity contribution in [3.8, 4) is 0 Å². The maximum atomic E-state index is 12.9. The van der Waals surface area contributed by atoms with Crippen molar-refractivity contribution in [1.29, 1.82) is 0 Å². The van der Waals surface area contributed by atoms with Crippen LogP contribution < -0.4 is 0 Å². The zero-order valence-corrected chi connectivity index (χ0v) is 23.5. The number of carbonyl (C=O) groups excluding carboxylic acids is 2. The number of hydrogen-bond donors (Lipinski definition) is 4. The molecular formula is C30H44O8. The molecule has 4 aliphatic rings. The highest BCUT2D eigenvalue weighted by atomic mass is 16.6. The summed E-state index contributed by atoms with van der Waals surface area (Å²) in [6.07, 6.45) is 4.53. The van der Waals surface area contributed by atoms with Crippen molar-refractivity contribution in [1.82, 2.24) is 0 Å². The van der Waals surface area contributed by atoms with Crippen molar-refractivity contribution in [2.75, 3.05) is 6.61 Å². The summed E-state index contributed by atoms with van der Waals surface area (Å²) in [4.78, 5) is 25.7. The maximum Gasteiger partial charge on any atom is 0.334 e. The minimum atomic E-state index is -2.13. The third-order valence-electron chi connectivity index (χ3n) is 10.1. The Morgan fingerprint density at radius 3 is 2.47 bits per heavy atom. The Balaban J connectivity index is 1.79. The van der Waals surface area contributed by atoms with E-state index in [1.165, 1.54) is 0 Å².